The Morgan fingerprint density at radius 1 is 1.29 bits per heavy atom. The van der Waals surface area contributed by atoms with E-state index >= 15 is 0 Å². The van der Waals surface area contributed by atoms with Gasteiger partial charge in [-0.3, -0.25) is 0 Å². The molecule has 3 nitrogen and oxygen atoms in total. The standard InChI is InChI=1S/C4H7NO2/c5-4-1-6-3-7-2-4/h5H,1-3H2. The first kappa shape index (κ1) is 4.74. The van der Waals surface area contributed by atoms with E-state index in [0.29, 0.717) is 25.7 Å². The lowest BCUT2D eigenvalue weighted by molar-refractivity contribution is -0.0478. The predicted molar refractivity (Wildman–Crippen MR) is 24.5 cm³/mol. The van der Waals surface area contributed by atoms with Crippen LogP contribution in [0, 0.1) is 5.41 Å². The Hall–Kier alpha value is -0.410. The van der Waals surface area contributed by atoms with Crippen molar-refractivity contribution in [1.29, 1.82) is 5.41 Å². The van der Waals surface area contributed by atoms with Gasteiger partial charge in [-0.15, -0.1) is 0 Å². The molecule has 40 valence electrons. The zero-order valence-corrected chi connectivity index (χ0v) is 3.94. The van der Waals surface area contributed by atoms with Crippen LogP contribution in [0.15, 0.2) is 0 Å². The Morgan fingerprint density at radius 3 is 2.14 bits per heavy atom. The SMILES string of the molecule is N=C1COCOC1. The number of ether oxygens (including phenoxy) is 2. The van der Waals surface area contributed by atoms with Crippen LogP contribution in [0.1, 0.15) is 0 Å². The quantitative estimate of drug-likeness (QED) is 0.467. The minimum atomic E-state index is 0.350. The summed E-state index contributed by atoms with van der Waals surface area (Å²) in [6.07, 6.45) is 0. The summed E-state index contributed by atoms with van der Waals surface area (Å²) in [6, 6.07) is 0. The van der Waals surface area contributed by atoms with E-state index in [4.69, 9.17) is 14.9 Å². The molecule has 0 amide bonds. The second-order valence-electron chi connectivity index (χ2n) is 1.42. The van der Waals surface area contributed by atoms with Crippen molar-refractivity contribution in [2.24, 2.45) is 0 Å². The summed E-state index contributed by atoms with van der Waals surface area (Å²) in [5.74, 6) is 0. The van der Waals surface area contributed by atoms with E-state index < -0.39 is 0 Å². The molecule has 0 aromatic rings. The maximum absolute atomic E-state index is 6.94. The Bertz CT molecular complexity index is 73.8. The molecule has 0 radical (unpaired) electrons. The number of nitrogens with one attached hydrogen (secondary N) is 1. The second-order valence-corrected chi connectivity index (χ2v) is 1.42. The number of hydrogen-bond donors (Lipinski definition) is 1. The molecule has 3 heteroatoms. The molecule has 0 spiro atoms. The van der Waals surface area contributed by atoms with Gasteiger partial charge in [0.05, 0.1) is 18.9 Å². The average molecular weight is 101 g/mol. The summed E-state index contributed by atoms with van der Waals surface area (Å²) in [7, 11) is 0. The fourth-order valence-corrected chi connectivity index (χ4v) is 0.430. The van der Waals surface area contributed by atoms with Gasteiger partial charge in [-0.2, -0.15) is 0 Å². The zero-order valence-electron chi connectivity index (χ0n) is 3.94. The van der Waals surface area contributed by atoms with Crippen LogP contribution >= 0.6 is 0 Å². The predicted octanol–water partition coefficient (Wildman–Crippen LogP) is 0.0105. The molecule has 0 aromatic heterocycles. The smallest absolute Gasteiger partial charge is 0.147 e. The van der Waals surface area contributed by atoms with Gasteiger partial charge in [0.1, 0.15) is 6.79 Å². The third-order valence-electron chi connectivity index (χ3n) is 0.719. The van der Waals surface area contributed by atoms with E-state index in [2.05, 4.69) is 0 Å². The molecule has 1 fully saturated rings. The molecule has 0 aliphatic carbocycles. The molecule has 0 atom stereocenters. The molecule has 1 N–H and O–H groups in total. The molecule has 0 unspecified atom stereocenters. The summed E-state index contributed by atoms with van der Waals surface area (Å²) < 4.78 is 9.47. The van der Waals surface area contributed by atoms with Crippen LogP contribution in [0.5, 0.6) is 0 Å². The first-order valence-electron chi connectivity index (χ1n) is 2.11. The molecule has 1 aliphatic rings. The van der Waals surface area contributed by atoms with Crippen molar-refractivity contribution >= 4 is 5.71 Å². The van der Waals surface area contributed by atoms with Crippen LogP contribution < -0.4 is 0 Å². The van der Waals surface area contributed by atoms with Crippen molar-refractivity contribution in [3.63, 3.8) is 0 Å². The third-order valence-corrected chi connectivity index (χ3v) is 0.719. The van der Waals surface area contributed by atoms with Crippen molar-refractivity contribution in [2.75, 3.05) is 20.0 Å². The van der Waals surface area contributed by atoms with Crippen LogP contribution in [0.2, 0.25) is 0 Å². The van der Waals surface area contributed by atoms with Gasteiger partial charge in [0, 0.05) is 0 Å². The highest BCUT2D eigenvalue weighted by molar-refractivity contribution is 5.84. The number of rotatable bonds is 0. The van der Waals surface area contributed by atoms with Gasteiger partial charge in [-0.25, -0.2) is 0 Å². The van der Waals surface area contributed by atoms with E-state index in [9.17, 15) is 0 Å². The lowest BCUT2D eigenvalue weighted by Gasteiger charge is -2.11. The van der Waals surface area contributed by atoms with E-state index in [0.717, 1.165) is 0 Å². The van der Waals surface area contributed by atoms with E-state index in [1.54, 1.807) is 0 Å². The average Bonchev–Trinajstić information content (AvgIpc) is 1.69. The molecular formula is C4H7NO2. The molecule has 1 heterocycles. The molecule has 7 heavy (non-hydrogen) atoms. The Morgan fingerprint density at radius 2 is 1.86 bits per heavy atom. The lowest BCUT2D eigenvalue weighted by atomic mass is 10.4. The van der Waals surface area contributed by atoms with Crippen molar-refractivity contribution in [1.82, 2.24) is 0 Å². The van der Waals surface area contributed by atoms with E-state index in [-0.39, 0.29) is 0 Å². The van der Waals surface area contributed by atoms with Crippen LogP contribution in [-0.4, -0.2) is 25.7 Å². The van der Waals surface area contributed by atoms with Gasteiger partial charge >= 0.3 is 0 Å². The molecule has 0 saturated carbocycles. The second kappa shape index (κ2) is 2.04. The van der Waals surface area contributed by atoms with Crippen molar-refractivity contribution in [3.05, 3.63) is 0 Å². The van der Waals surface area contributed by atoms with Gasteiger partial charge in [-0.05, 0) is 0 Å². The largest absolute Gasteiger partial charge is 0.349 e. The van der Waals surface area contributed by atoms with Gasteiger partial charge in [0.2, 0.25) is 0 Å². The fraction of sp³-hybridized carbons (Fsp3) is 0.750. The van der Waals surface area contributed by atoms with Crippen molar-refractivity contribution in [2.45, 2.75) is 0 Å². The summed E-state index contributed by atoms with van der Waals surface area (Å²) >= 11 is 0. The van der Waals surface area contributed by atoms with Crippen LogP contribution in [0.3, 0.4) is 0 Å². The van der Waals surface area contributed by atoms with Gasteiger partial charge in [0.25, 0.3) is 0 Å². The highest BCUT2D eigenvalue weighted by Crippen LogP contribution is 1.88. The fourth-order valence-electron chi connectivity index (χ4n) is 0.430. The summed E-state index contributed by atoms with van der Waals surface area (Å²) in [5.41, 5.74) is 0.520. The first-order chi connectivity index (χ1) is 3.39. The Labute approximate surface area is 41.7 Å². The molecule has 1 saturated heterocycles. The minimum Gasteiger partial charge on any atom is -0.349 e. The summed E-state index contributed by atoms with van der Waals surface area (Å²) in [4.78, 5) is 0. The van der Waals surface area contributed by atoms with Gasteiger partial charge < -0.3 is 14.9 Å². The maximum atomic E-state index is 6.94. The van der Waals surface area contributed by atoms with Crippen LogP contribution in [-0.2, 0) is 9.47 Å². The third kappa shape index (κ3) is 1.25. The lowest BCUT2D eigenvalue weighted by Crippen LogP contribution is -2.22. The number of hydrogen-bond acceptors (Lipinski definition) is 3. The topological polar surface area (TPSA) is 42.3 Å². The Balaban J connectivity index is 2.25. The molecule has 0 bridgehead atoms. The molecular weight excluding hydrogens is 94.0 g/mol. The van der Waals surface area contributed by atoms with Crippen LogP contribution in [0.25, 0.3) is 0 Å². The van der Waals surface area contributed by atoms with Gasteiger partial charge in [0.15, 0.2) is 0 Å². The molecule has 1 rings (SSSR count). The highest BCUT2D eigenvalue weighted by atomic mass is 16.7. The first-order valence-corrected chi connectivity index (χ1v) is 2.11. The van der Waals surface area contributed by atoms with Gasteiger partial charge in [-0.1, -0.05) is 0 Å². The molecule has 0 aromatic carbocycles. The van der Waals surface area contributed by atoms with E-state index in [1.165, 1.54) is 0 Å². The van der Waals surface area contributed by atoms with Crippen LogP contribution in [0.4, 0.5) is 0 Å². The molecule has 1 aliphatic heterocycles. The zero-order chi connectivity index (χ0) is 5.11. The summed E-state index contributed by atoms with van der Waals surface area (Å²) in [5, 5.41) is 6.94. The normalized spacial score (nSPS) is 22.6. The minimum absolute atomic E-state index is 0.350. The van der Waals surface area contributed by atoms with Crippen molar-refractivity contribution in [3.8, 4) is 0 Å². The maximum Gasteiger partial charge on any atom is 0.147 e. The summed E-state index contributed by atoms with van der Waals surface area (Å²) in [6.45, 7) is 1.24. The highest BCUT2D eigenvalue weighted by Gasteiger charge is 2.02. The van der Waals surface area contributed by atoms with Crippen molar-refractivity contribution < 1.29 is 9.47 Å². The Kier molecular flexibility index (Phi) is 1.38. The van der Waals surface area contributed by atoms with E-state index in [1.807, 2.05) is 0 Å². The monoisotopic (exact) mass is 101 g/mol.